The summed E-state index contributed by atoms with van der Waals surface area (Å²) in [5, 5.41) is 4.37. The largest absolute Gasteiger partial charge is 0.382 e. The Morgan fingerprint density at radius 2 is 2.14 bits per heavy atom. The standard InChI is InChI=1S/C20H23IN6S2/c1-11(2)9-23-5-6-27-19-17(18(22)24-10-25-19)26-20(27)29-16-8-13-12(7-14(16)21)3-4-15(13)28/h7-8,10-11,23H,3-6,9H2,1-2H3,(H2,22,24,25). The minimum absolute atomic E-state index is 0.413. The number of anilines is 1. The molecule has 1 aliphatic carbocycles. The van der Waals surface area contributed by atoms with E-state index >= 15 is 0 Å². The first-order chi connectivity index (χ1) is 13.9. The van der Waals surface area contributed by atoms with Crippen LogP contribution in [0, 0.1) is 9.49 Å². The number of rotatable bonds is 7. The van der Waals surface area contributed by atoms with Crippen molar-refractivity contribution < 1.29 is 0 Å². The van der Waals surface area contributed by atoms with E-state index < -0.39 is 0 Å². The second-order valence-electron chi connectivity index (χ2n) is 7.54. The Hall–Kier alpha value is -1.30. The third-order valence-corrected chi connectivity index (χ3v) is 7.61. The number of nitrogens with one attached hydrogen (secondary N) is 1. The second kappa shape index (κ2) is 8.83. The Morgan fingerprint density at radius 3 is 2.93 bits per heavy atom. The molecule has 0 unspecified atom stereocenters. The summed E-state index contributed by atoms with van der Waals surface area (Å²) in [6.07, 6.45) is 3.52. The zero-order valence-corrected chi connectivity index (χ0v) is 20.2. The van der Waals surface area contributed by atoms with Crippen LogP contribution in [-0.2, 0) is 13.0 Å². The molecule has 1 aromatic carbocycles. The maximum Gasteiger partial charge on any atom is 0.175 e. The van der Waals surface area contributed by atoms with Crippen LogP contribution < -0.4 is 11.1 Å². The van der Waals surface area contributed by atoms with Crippen molar-refractivity contribution in [3.63, 3.8) is 0 Å². The molecule has 0 saturated carbocycles. The highest BCUT2D eigenvalue weighted by Crippen LogP contribution is 2.37. The molecule has 3 N–H and O–H groups in total. The van der Waals surface area contributed by atoms with Crippen LogP contribution in [0.3, 0.4) is 0 Å². The first-order valence-corrected chi connectivity index (χ1v) is 11.9. The summed E-state index contributed by atoms with van der Waals surface area (Å²) in [5.41, 5.74) is 10.1. The van der Waals surface area contributed by atoms with Crippen molar-refractivity contribution in [3.05, 3.63) is 33.2 Å². The number of benzene rings is 1. The molecule has 1 aliphatic rings. The van der Waals surface area contributed by atoms with Gasteiger partial charge in [-0.2, -0.15) is 0 Å². The fraction of sp³-hybridized carbons (Fsp3) is 0.400. The van der Waals surface area contributed by atoms with E-state index in [1.165, 1.54) is 21.0 Å². The SMILES string of the molecule is CC(C)CNCCn1c(Sc2cc3c(cc2I)CCC3=S)nc2c(N)ncnc21. The third kappa shape index (κ3) is 4.42. The lowest BCUT2D eigenvalue weighted by Gasteiger charge is -2.12. The Morgan fingerprint density at radius 1 is 1.31 bits per heavy atom. The summed E-state index contributed by atoms with van der Waals surface area (Å²) in [5.74, 6) is 1.02. The molecule has 3 aromatic rings. The number of aryl methyl sites for hydroxylation is 1. The molecule has 152 valence electrons. The maximum absolute atomic E-state index is 6.08. The molecule has 9 heteroatoms. The fourth-order valence-corrected chi connectivity index (χ4v) is 5.52. The normalized spacial score (nSPS) is 13.6. The van der Waals surface area contributed by atoms with Crippen LogP contribution >= 0.6 is 46.6 Å². The van der Waals surface area contributed by atoms with E-state index in [1.54, 1.807) is 11.8 Å². The number of hydrogen-bond donors (Lipinski definition) is 2. The van der Waals surface area contributed by atoms with Crippen molar-refractivity contribution in [3.8, 4) is 0 Å². The number of nitrogens with two attached hydrogens (primary N) is 1. The average Bonchev–Trinajstić information content (AvgIpc) is 3.21. The summed E-state index contributed by atoms with van der Waals surface area (Å²) in [6.45, 7) is 6.99. The van der Waals surface area contributed by atoms with Crippen LogP contribution in [0.25, 0.3) is 11.2 Å². The number of nitrogen functional groups attached to an aromatic ring is 1. The molecule has 6 nitrogen and oxygen atoms in total. The minimum atomic E-state index is 0.413. The average molecular weight is 538 g/mol. The summed E-state index contributed by atoms with van der Waals surface area (Å²) >= 11 is 9.59. The Labute approximate surface area is 193 Å². The van der Waals surface area contributed by atoms with E-state index in [0.717, 1.165) is 53.0 Å². The van der Waals surface area contributed by atoms with Crippen LogP contribution in [0.1, 0.15) is 31.4 Å². The van der Waals surface area contributed by atoms with Gasteiger partial charge in [-0.25, -0.2) is 15.0 Å². The number of nitrogens with zero attached hydrogens (tertiary/aromatic N) is 4. The molecule has 0 atom stereocenters. The lowest BCUT2D eigenvalue weighted by molar-refractivity contribution is 0.516. The number of thiocarbonyl (C=S) groups is 1. The van der Waals surface area contributed by atoms with E-state index in [2.05, 4.69) is 68.4 Å². The van der Waals surface area contributed by atoms with Crippen LogP contribution in [-0.4, -0.2) is 37.5 Å². The molecular weight excluding hydrogens is 515 g/mol. The summed E-state index contributed by atoms with van der Waals surface area (Å²) in [7, 11) is 0. The zero-order valence-electron chi connectivity index (χ0n) is 16.4. The van der Waals surface area contributed by atoms with Crippen LogP contribution in [0.5, 0.6) is 0 Å². The van der Waals surface area contributed by atoms with Crippen LogP contribution in [0.15, 0.2) is 28.5 Å². The smallest absolute Gasteiger partial charge is 0.175 e. The van der Waals surface area contributed by atoms with E-state index in [0.29, 0.717) is 17.3 Å². The third-order valence-electron chi connectivity index (χ3n) is 4.87. The number of halogens is 1. The number of fused-ring (bicyclic) bond motifs is 2. The quantitative estimate of drug-likeness (QED) is 0.267. The van der Waals surface area contributed by atoms with Gasteiger partial charge in [0.05, 0.1) is 0 Å². The molecule has 2 aromatic heterocycles. The fourth-order valence-electron chi connectivity index (χ4n) is 3.42. The van der Waals surface area contributed by atoms with Gasteiger partial charge in [0.1, 0.15) is 6.33 Å². The highest BCUT2D eigenvalue weighted by molar-refractivity contribution is 14.1. The van der Waals surface area contributed by atoms with Gasteiger partial charge in [0.2, 0.25) is 0 Å². The Balaban J connectivity index is 1.68. The lowest BCUT2D eigenvalue weighted by Crippen LogP contribution is -2.24. The van der Waals surface area contributed by atoms with E-state index in [9.17, 15) is 0 Å². The van der Waals surface area contributed by atoms with E-state index in [1.807, 2.05) is 0 Å². The lowest BCUT2D eigenvalue weighted by atomic mass is 10.1. The number of aromatic nitrogens is 4. The predicted octanol–water partition coefficient (Wildman–Crippen LogP) is 4.07. The maximum atomic E-state index is 6.08. The molecule has 4 rings (SSSR count). The first kappa shape index (κ1) is 21.0. The first-order valence-electron chi connectivity index (χ1n) is 9.65. The van der Waals surface area contributed by atoms with E-state index in [-0.39, 0.29) is 0 Å². The number of imidazole rings is 1. The predicted molar refractivity (Wildman–Crippen MR) is 131 cm³/mol. The zero-order chi connectivity index (χ0) is 20.5. The molecule has 0 bridgehead atoms. The Bertz CT molecular complexity index is 1080. The Kier molecular flexibility index (Phi) is 6.38. The van der Waals surface area contributed by atoms with Gasteiger partial charge in [-0.1, -0.05) is 37.8 Å². The van der Waals surface area contributed by atoms with Crippen molar-refractivity contribution in [2.45, 2.75) is 43.3 Å². The minimum Gasteiger partial charge on any atom is -0.382 e. The van der Waals surface area contributed by atoms with Crippen molar-refractivity contribution >= 4 is 68.4 Å². The van der Waals surface area contributed by atoms with Crippen molar-refractivity contribution in [2.24, 2.45) is 5.92 Å². The molecule has 0 saturated heterocycles. The van der Waals surface area contributed by atoms with Gasteiger partial charge in [0, 0.05) is 26.4 Å². The molecular formula is C20H23IN6S2. The van der Waals surface area contributed by atoms with Crippen molar-refractivity contribution in [1.82, 2.24) is 24.8 Å². The summed E-state index contributed by atoms with van der Waals surface area (Å²) < 4.78 is 3.35. The summed E-state index contributed by atoms with van der Waals surface area (Å²) in [6, 6.07) is 4.47. The molecule has 29 heavy (non-hydrogen) atoms. The molecule has 0 fully saturated rings. The van der Waals surface area contributed by atoms with Gasteiger partial charge in [0.25, 0.3) is 0 Å². The van der Waals surface area contributed by atoms with Gasteiger partial charge in [-0.15, -0.1) is 0 Å². The molecule has 2 heterocycles. The highest BCUT2D eigenvalue weighted by Gasteiger charge is 2.21. The van der Waals surface area contributed by atoms with Gasteiger partial charge in [-0.3, -0.25) is 0 Å². The monoisotopic (exact) mass is 538 g/mol. The van der Waals surface area contributed by atoms with Crippen LogP contribution in [0.2, 0.25) is 0 Å². The van der Waals surface area contributed by atoms with E-state index in [4.69, 9.17) is 22.9 Å². The van der Waals surface area contributed by atoms with Crippen LogP contribution in [0.4, 0.5) is 5.82 Å². The molecule has 0 amide bonds. The van der Waals surface area contributed by atoms with Gasteiger partial charge in [-0.05, 0) is 71.2 Å². The van der Waals surface area contributed by atoms with Gasteiger partial charge >= 0.3 is 0 Å². The molecule has 0 aliphatic heterocycles. The topological polar surface area (TPSA) is 81.7 Å². The van der Waals surface area contributed by atoms with Crippen molar-refractivity contribution in [2.75, 3.05) is 18.8 Å². The summed E-state index contributed by atoms with van der Waals surface area (Å²) in [4.78, 5) is 15.6. The second-order valence-corrected chi connectivity index (χ2v) is 10.2. The molecule has 0 spiro atoms. The van der Waals surface area contributed by atoms with Gasteiger partial charge in [0.15, 0.2) is 22.1 Å². The highest BCUT2D eigenvalue weighted by atomic mass is 127. The molecule has 0 radical (unpaired) electrons. The number of hydrogen-bond acceptors (Lipinski definition) is 7. The van der Waals surface area contributed by atoms with Crippen molar-refractivity contribution in [1.29, 1.82) is 0 Å². The van der Waals surface area contributed by atoms with Gasteiger partial charge < -0.3 is 15.6 Å².